The molecule has 1 amide bonds. The van der Waals surface area contributed by atoms with Gasteiger partial charge in [-0.3, -0.25) is 14.8 Å². The van der Waals surface area contributed by atoms with E-state index in [2.05, 4.69) is 9.97 Å². The number of aromatic nitrogens is 2. The Morgan fingerprint density at radius 2 is 1.94 bits per heavy atom. The number of carbonyl (C=O) groups excluding carboxylic acids is 1. The first kappa shape index (κ1) is 10.2. The molecule has 1 aliphatic rings. The largest absolute Gasteiger partial charge is 0.315 e. The maximum Gasteiger partial charge on any atom is 0.229 e. The van der Waals surface area contributed by atoms with E-state index in [0.29, 0.717) is 0 Å². The molecule has 1 heterocycles. The molecule has 0 spiro atoms. The van der Waals surface area contributed by atoms with Gasteiger partial charge in [0.05, 0.1) is 11.0 Å². The van der Waals surface area contributed by atoms with Crippen molar-refractivity contribution < 1.29 is 4.79 Å². The van der Waals surface area contributed by atoms with Crippen molar-refractivity contribution in [2.24, 2.45) is 5.92 Å². The zero-order valence-electron chi connectivity index (χ0n) is 9.63. The van der Waals surface area contributed by atoms with Gasteiger partial charge in [0.15, 0.2) is 0 Å². The Morgan fingerprint density at radius 3 is 2.65 bits per heavy atom. The molecule has 3 rings (SSSR count). The summed E-state index contributed by atoms with van der Waals surface area (Å²) >= 11 is 0. The van der Waals surface area contributed by atoms with Gasteiger partial charge in [0.25, 0.3) is 0 Å². The van der Waals surface area contributed by atoms with Crippen LogP contribution in [0.15, 0.2) is 30.6 Å². The van der Waals surface area contributed by atoms with Crippen LogP contribution < -0.4 is 4.90 Å². The molecule has 2 aromatic rings. The molecule has 0 atom stereocenters. The van der Waals surface area contributed by atoms with Crippen LogP contribution in [0.4, 0.5) is 5.69 Å². The molecule has 1 saturated carbocycles. The molecular formula is C13H13N3O. The van der Waals surface area contributed by atoms with E-state index in [0.717, 1.165) is 29.6 Å². The molecule has 4 nitrogen and oxygen atoms in total. The molecule has 1 fully saturated rings. The van der Waals surface area contributed by atoms with E-state index >= 15 is 0 Å². The number of fused-ring (bicyclic) bond motifs is 1. The first-order valence-corrected chi connectivity index (χ1v) is 5.74. The minimum Gasteiger partial charge on any atom is -0.315 e. The lowest BCUT2D eigenvalue weighted by molar-refractivity contribution is -0.119. The predicted molar refractivity (Wildman–Crippen MR) is 65.7 cm³/mol. The highest BCUT2D eigenvalue weighted by Crippen LogP contribution is 2.32. The topological polar surface area (TPSA) is 46.1 Å². The summed E-state index contributed by atoms with van der Waals surface area (Å²) in [5, 5.41) is 0. The number of nitrogens with zero attached hydrogens (tertiary/aromatic N) is 3. The summed E-state index contributed by atoms with van der Waals surface area (Å²) in [6.07, 6.45) is 5.38. The van der Waals surface area contributed by atoms with Gasteiger partial charge in [-0.25, -0.2) is 0 Å². The summed E-state index contributed by atoms with van der Waals surface area (Å²) in [5.74, 6) is 0.436. The third-order valence-electron chi connectivity index (χ3n) is 3.10. The number of hydrogen-bond acceptors (Lipinski definition) is 3. The standard InChI is InChI=1S/C13H13N3O/c1-16(13(17)9-2-3-9)10-4-5-11-12(8-10)15-7-6-14-11/h4-9H,2-3H2,1H3. The van der Waals surface area contributed by atoms with Gasteiger partial charge in [0.1, 0.15) is 0 Å². The van der Waals surface area contributed by atoms with Crippen LogP contribution in [0.5, 0.6) is 0 Å². The lowest BCUT2D eigenvalue weighted by atomic mass is 10.2. The van der Waals surface area contributed by atoms with Gasteiger partial charge in [-0.2, -0.15) is 0 Å². The lowest BCUT2D eigenvalue weighted by Crippen LogP contribution is -2.27. The monoisotopic (exact) mass is 227 g/mol. The molecule has 1 aromatic carbocycles. The van der Waals surface area contributed by atoms with Crippen LogP contribution in [0.25, 0.3) is 11.0 Å². The van der Waals surface area contributed by atoms with Crippen molar-refractivity contribution in [3.8, 4) is 0 Å². The molecule has 0 unspecified atom stereocenters. The number of amides is 1. The summed E-state index contributed by atoms with van der Waals surface area (Å²) < 4.78 is 0. The van der Waals surface area contributed by atoms with Gasteiger partial charge < -0.3 is 4.90 Å². The second-order valence-corrected chi connectivity index (χ2v) is 4.40. The summed E-state index contributed by atoms with van der Waals surface area (Å²) in [6.45, 7) is 0. The number of anilines is 1. The molecule has 1 aromatic heterocycles. The van der Waals surface area contributed by atoms with Gasteiger partial charge in [0, 0.05) is 31.0 Å². The molecule has 0 saturated heterocycles. The van der Waals surface area contributed by atoms with Crippen LogP contribution >= 0.6 is 0 Å². The van der Waals surface area contributed by atoms with Crippen molar-refractivity contribution in [2.75, 3.05) is 11.9 Å². The van der Waals surface area contributed by atoms with E-state index < -0.39 is 0 Å². The Labute approximate surface area is 99.3 Å². The molecule has 0 aliphatic heterocycles. The maximum atomic E-state index is 11.9. The lowest BCUT2D eigenvalue weighted by Gasteiger charge is -2.17. The van der Waals surface area contributed by atoms with Crippen molar-refractivity contribution in [1.82, 2.24) is 9.97 Å². The van der Waals surface area contributed by atoms with E-state index in [1.807, 2.05) is 25.2 Å². The fourth-order valence-corrected chi connectivity index (χ4v) is 1.89. The molecule has 4 heteroatoms. The Kier molecular flexibility index (Phi) is 2.28. The zero-order chi connectivity index (χ0) is 11.8. The Morgan fingerprint density at radius 1 is 1.24 bits per heavy atom. The maximum absolute atomic E-state index is 11.9. The molecule has 0 N–H and O–H groups in total. The molecule has 1 aliphatic carbocycles. The molecule has 0 bridgehead atoms. The third kappa shape index (κ3) is 1.86. The smallest absolute Gasteiger partial charge is 0.229 e. The first-order valence-electron chi connectivity index (χ1n) is 5.74. The summed E-state index contributed by atoms with van der Waals surface area (Å²) in [4.78, 5) is 22.1. The minimum absolute atomic E-state index is 0.202. The van der Waals surface area contributed by atoms with Gasteiger partial charge in [0.2, 0.25) is 5.91 Å². The summed E-state index contributed by atoms with van der Waals surface area (Å²) in [6, 6.07) is 5.72. The average Bonchev–Trinajstić information content (AvgIpc) is 3.21. The quantitative estimate of drug-likeness (QED) is 0.788. The van der Waals surface area contributed by atoms with Crippen LogP contribution in [-0.2, 0) is 4.79 Å². The van der Waals surface area contributed by atoms with Crippen LogP contribution in [0.2, 0.25) is 0 Å². The first-order chi connectivity index (χ1) is 8.25. The zero-order valence-corrected chi connectivity index (χ0v) is 9.63. The third-order valence-corrected chi connectivity index (χ3v) is 3.10. The Bertz CT molecular complexity index is 578. The van der Waals surface area contributed by atoms with E-state index in [4.69, 9.17) is 0 Å². The number of carbonyl (C=O) groups is 1. The van der Waals surface area contributed by atoms with Crippen molar-refractivity contribution in [1.29, 1.82) is 0 Å². The number of benzene rings is 1. The number of hydrogen-bond donors (Lipinski definition) is 0. The van der Waals surface area contributed by atoms with E-state index in [1.54, 1.807) is 17.3 Å². The van der Waals surface area contributed by atoms with Crippen molar-refractivity contribution in [2.45, 2.75) is 12.8 Å². The Balaban J connectivity index is 1.96. The second-order valence-electron chi connectivity index (χ2n) is 4.40. The highest BCUT2D eigenvalue weighted by molar-refractivity contribution is 5.97. The number of rotatable bonds is 2. The fraction of sp³-hybridized carbons (Fsp3) is 0.308. The van der Waals surface area contributed by atoms with Crippen LogP contribution in [-0.4, -0.2) is 22.9 Å². The molecule has 86 valence electrons. The van der Waals surface area contributed by atoms with Gasteiger partial charge in [-0.1, -0.05) is 0 Å². The van der Waals surface area contributed by atoms with Gasteiger partial charge >= 0.3 is 0 Å². The van der Waals surface area contributed by atoms with E-state index in [-0.39, 0.29) is 11.8 Å². The van der Waals surface area contributed by atoms with Crippen molar-refractivity contribution >= 4 is 22.6 Å². The van der Waals surface area contributed by atoms with Crippen LogP contribution in [0, 0.1) is 5.92 Å². The average molecular weight is 227 g/mol. The second kappa shape index (κ2) is 3.80. The highest BCUT2D eigenvalue weighted by Gasteiger charge is 2.32. The van der Waals surface area contributed by atoms with Crippen LogP contribution in [0.3, 0.4) is 0 Å². The van der Waals surface area contributed by atoms with E-state index in [1.165, 1.54) is 0 Å². The normalized spacial score (nSPS) is 14.9. The van der Waals surface area contributed by atoms with Crippen molar-refractivity contribution in [3.63, 3.8) is 0 Å². The minimum atomic E-state index is 0.202. The van der Waals surface area contributed by atoms with Gasteiger partial charge in [-0.05, 0) is 31.0 Å². The SMILES string of the molecule is CN(C(=O)C1CC1)c1ccc2nccnc2c1. The summed E-state index contributed by atoms with van der Waals surface area (Å²) in [7, 11) is 1.82. The highest BCUT2D eigenvalue weighted by atomic mass is 16.2. The molecular weight excluding hydrogens is 214 g/mol. The molecule has 17 heavy (non-hydrogen) atoms. The Hall–Kier alpha value is -1.97. The van der Waals surface area contributed by atoms with Gasteiger partial charge in [-0.15, -0.1) is 0 Å². The van der Waals surface area contributed by atoms with Crippen LogP contribution in [0.1, 0.15) is 12.8 Å². The summed E-state index contributed by atoms with van der Waals surface area (Å²) in [5.41, 5.74) is 2.55. The predicted octanol–water partition coefficient (Wildman–Crippen LogP) is 2.00. The fourth-order valence-electron chi connectivity index (χ4n) is 1.89. The van der Waals surface area contributed by atoms with Crippen molar-refractivity contribution in [3.05, 3.63) is 30.6 Å². The van der Waals surface area contributed by atoms with E-state index in [9.17, 15) is 4.79 Å². The molecule has 0 radical (unpaired) electrons.